The van der Waals surface area contributed by atoms with Gasteiger partial charge in [0.25, 0.3) is 0 Å². The first-order chi connectivity index (χ1) is 14.2. The van der Waals surface area contributed by atoms with Crippen molar-refractivity contribution in [3.05, 3.63) is 41.8 Å². The molecular weight excluding hydrogens is 493 g/mol. The zero-order valence-electron chi connectivity index (χ0n) is 18.2. The molecule has 7 nitrogen and oxygen atoms in total. The SMILES string of the molecule is CCNC(=NCc1coc(-c2ccc(C)cc2)n1)NCCN(CCOC)C1CC1.I. The van der Waals surface area contributed by atoms with Crippen LogP contribution in [0.4, 0.5) is 0 Å². The van der Waals surface area contributed by atoms with Gasteiger partial charge in [0.15, 0.2) is 5.96 Å². The Morgan fingerprint density at radius 3 is 2.67 bits per heavy atom. The lowest BCUT2D eigenvalue weighted by Crippen LogP contribution is -2.42. The molecule has 8 heteroatoms. The molecule has 0 unspecified atom stereocenters. The number of hydrogen-bond donors (Lipinski definition) is 2. The number of halogens is 1. The molecule has 1 aliphatic rings. The number of benzene rings is 1. The van der Waals surface area contributed by atoms with Crippen molar-refractivity contribution in [1.82, 2.24) is 20.5 Å². The van der Waals surface area contributed by atoms with E-state index in [1.165, 1.54) is 18.4 Å². The van der Waals surface area contributed by atoms with Crippen molar-refractivity contribution in [2.24, 2.45) is 4.99 Å². The zero-order chi connectivity index (χ0) is 20.5. The molecule has 1 heterocycles. The first kappa shape index (κ1) is 24.6. The van der Waals surface area contributed by atoms with Crippen molar-refractivity contribution in [3.8, 4) is 11.5 Å². The van der Waals surface area contributed by atoms with Gasteiger partial charge in [0.05, 0.1) is 13.2 Å². The maximum atomic E-state index is 5.63. The molecule has 0 bridgehead atoms. The molecule has 0 aliphatic heterocycles. The van der Waals surface area contributed by atoms with Crippen LogP contribution in [0.5, 0.6) is 0 Å². The average molecular weight is 527 g/mol. The maximum absolute atomic E-state index is 5.63. The molecule has 3 rings (SSSR count). The van der Waals surface area contributed by atoms with Crippen molar-refractivity contribution in [1.29, 1.82) is 0 Å². The Morgan fingerprint density at radius 1 is 1.23 bits per heavy atom. The fraction of sp³-hybridized carbons (Fsp3) is 0.545. The molecule has 2 aromatic rings. The standard InChI is InChI=1S/C22H33N5O2.HI/c1-4-23-22(24-11-12-27(13-14-28-3)20-9-10-20)25-15-19-16-29-21(26-19)18-7-5-17(2)6-8-18;/h5-8,16,20H,4,9-15H2,1-3H3,(H2,23,24,25);1H. The van der Waals surface area contributed by atoms with Gasteiger partial charge in [0, 0.05) is 44.9 Å². The molecule has 0 amide bonds. The van der Waals surface area contributed by atoms with E-state index < -0.39 is 0 Å². The van der Waals surface area contributed by atoms with Crippen LogP contribution in [0.1, 0.15) is 31.0 Å². The summed E-state index contributed by atoms with van der Waals surface area (Å²) in [4.78, 5) is 11.7. The van der Waals surface area contributed by atoms with Crippen molar-refractivity contribution in [2.45, 2.75) is 39.3 Å². The third-order valence-electron chi connectivity index (χ3n) is 4.93. The molecule has 1 aromatic heterocycles. The third-order valence-corrected chi connectivity index (χ3v) is 4.93. The summed E-state index contributed by atoms with van der Waals surface area (Å²) in [5.41, 5.74) is 3.01. The first-order valence-electron chi connectivity index (χ1n) is 10.5. The van der Waals surface area contributed by atoms with Gasteiger partial charge in [0.2, 0.25) is 5.89 Å². The number of aliphatic imine (C=N–C) groups is 1. The summed E-state index contributed by atoms with van der Waals surface area (Å²) in [7, 11) is 1.76. The Labute approximate surface area is 196 Å². The van der Waals surface area contributed by atoms with E-state index in [1.807, 2.05) is 12.1 Å². The molecule has 1 saturated carbocycles. The molecule has 166 valence electrons. The second-order valence-electron chi connectivity index (χ2n) is 7.39. The van der Waals surface area contributed by atoms with E-state index in [2.05, 4.69) is 51.5 Å². The van der Waals surface area contributed by atoms with Crippen molar-refractivity contribution in [2.75, 3.05) is 39.9 Å². The lowest BCUT2D eigenvalue weighted by atomic mass is 10.1. The van der Waals surface area contributed by atoms with Crippen LogP contribution in [0.15, 0.2) is 39.9 Å². The van der Waals surface area contributed by atoms with Crippen LogP contribution < -0.4 is 10.6 Å². The van der Waals surface area contributed by atoms with E-state index in [4.69, 9.17) is 9.15 Å². The molecule has 1 aromatic carbocycles. The Balaban J connectivity index is 0.00000320. The Kier molecular flexibility index (Phi) is 10.6. The number of guanidine groups is 1. The Hall–Kier alpha value is -1.65. The third kappa shape index (κ3) is 7.88. The van der Waals surface area contributed by atoms with E-state index >= 15 is 0 Å². The highest BCUT2D eigenvalue weighted by Gasteiger charge is 2.28. The largest absolute Gasteiger partial charge is 0.444 e. The lowest BCUT2D eigenvalue weighted by molar-refractivity contribution is 0.144. The van der Waals surface area contributed by atoms with E-state index in [0.717, 1.165) is 56.0 Å². The van der Waals surface area contributed by atoms with Gasteiger partial charge in [-0.3, -0.25) is 4.90 Å². The van der Waals surface area contributed by atoms with Crippen LogP contribution >= 0.6 is 24.0 Å². The predicted molar refractivity (Wildman–Crippen MR) is 131 cm³/mol. The normalized spacial score (nSPS) is 13.9. The van der Waals surface area contributed by atoms with Gasteiger partial charge in [-0.25, -0.2) is 9.98 Å². The van der Waals surface area contributed by atoms with E-state index in [-0.39, 0.29) is 24.0 Å². The maximum Gasteiger partial charge on any atom is 0.226 e. The van der Waals surface area contributed by atoms with E-state index in [1.54, 1.807) is 13.4 Å². The first-order valence-corrected chi connectivity index (χ1v) is 10.5. The summed E-state index contributed by atoms with van der Waals surface area (Å²) in [6.45, 7) is 9.01. The van der Waals surface area contributed by atoms with Gasteiger partial charge < -0.3 is 19.8 Å². The highest BCUT2D eigenvalue weighted by molar-refractivity contribution is 14.0. The van der Waals surface area contributed by atoms with E-state index in [0.29, 0.717) is 12.4 Å². The molecule has 1 aliphatic carbocycles. The fourth-order valence-electron chi connectivity index (χ4n) is 3.15. The number of hydrogen-bond acceptors (Lipinski definition) is 5. The minimum Gasteiger partial charge on any atom is -0.444 e. The van der Waals surface area contributed by atoms with Gasteiger partial charge in [0.1, 0.15) is 12.0 Å². The van der Waals surface area contributed by atoms with Crippen molar-refractivity contribution >= 4 is 29.9 Å². The van der Waals surface area contributed by atoms with Crippen LogP contribution in [0, 0.1) is 6.92 Å². The molecule has 0 radical (unpaired) electrons. The summed E-state index contributed by atoms with van der Waals surface area (Å²) in [6.07, 6.45) is 4.28. The molecule has 2 N–H and O–H groups in total. The highest BCUT2D eigenvalue weighted by atomic mass is 127. The molecular formula is C22H34IN5O2. The predicted octanol–water partition coefficient (Wildman–Crippen LogP) is 3.43. The topological polar surface area (TPSA) is 74.9 Å². The van der Waals surface area contributed by atoms with Crippen molar-refractivity contribution in [3.63, 3.8) is 0 Å². The van der Waals surface area contributed by atoms with Crippen LogP contribution in [0.3, 0.4) is 0 Å². The van der Waals surface area contributed by atoms with Gasteiger partial charge in [-0.1, -0.05) is 17.7 Å². The van der Waals surface area contributed by atoms with Gasteiger partial charge in [-0.2, -0.15) is 0 Å². The fourth-order valence-corrected chi connectivity index (χ4v) is 3.15. The van der Waals surface area contributed by atoms with Crippen LogP contribution in [-0.2, 0) is 11.3 Å². The average Bonchev–Trinajstić information content (AvgIpc) is 3.46. The number of ether oxygens (including phenoxy) is 1. The summed E-state index contributed by atoms with van der Waals surface area (Å²) >= 11 is 0. The summed E-state index contributed by atoms with van der Waals surface area (Å²) < 4.78 is 10.9. The molecule has 0 spiro atoms. The number of aryl methyl sites for hydroxylation is 1. The Bertz CT molecular complexity index is 774. The number of rotatable bonds is 11. The second kappa shape index (κ2) is 12.9. The summed E-state index contributed by atoms with van der Waals surface area (Å²) in [6, 6.07) is 8.88. The minimum absolute atomic E-state index is 0. The van der Waals surface area contributed by atoms with Crippen LogP contribution in [0.25, 0.3) is 11.5 Å². The summed E-state index contributed by atoms with van der Waals surface area (Å²) in [5.74, 6) is 1.43. The Morgan fingerprint density at radius 2 is 2.00 bits per heavy atom. The summed E-state index contributed by atoms with van der Waals surface area (Å²) in [5, 5.41) is 6.72. The second-order valence-corrected chi connectivity index (χ2v) is 7.39. The lowest BCUT2D eigenvalue weighted by Gasteiger charge is -2.22. The molecule has 0 atom stereocenters. The number of methoxy groups -OCH3 is 1. The monoisotopic (exact) mass is 527 g/mol. The van der Waals surface area contributed by atoms with Crippen molar-refractivity contribution < 1.29 is 9.15 Å². The quantitative estimate of drug-likeness (QED) is 0.265. The number of nitrogens with one attached hydrogen (secondary N) is 2. The van der Waals surface area contributed by atoms with Gasteiger partial charge >= 0.3 is 0 Å². The number of nitrogens with zero attached hydrogens (tertiary/aromatic N) is 3. The zero-order valence-corrected chi connectivity index (χ0v) is 20.5. The van der Waals surface area contributed by atoms with Crippen LogP contribution in [0.2, 0.25) is 0 Å². The number of oxazole rings is 1. The smallest absolute Gasteiger partial charge is 0.226 e. The number of aromatic nitrogens is 1. The highest BCUT2D eigenvalue weighted by Crippen LogP contribution is 2.26. The van der Waals surface area contributed by atoms with E-state index in [9.17, 15) is 0 Å². The van der Waals surface area contributed by atoms with Gasteiger partial charge in [-0.05, 0) is 38.8 Å². The minimum atomic E-state index is 0. The van der Waals surface area contributed by atoms with Crippen LogP contribution in [-0.4, -0.2) is 61.8 Å². The molecule has 0 saturated heterocycles. The van der Waals surface area contributed by atoms with Gasteiger partial charge in [-0.15, -0.1) is 24.0 Å². The molecule has 1 fully saturated rings. The molecule has 30 heavy (non-hydrogen) atoms.